The Balaban J connectivity index is 1.38. The molecule has 0 saturated carbocycles. The molecule has 0 fully saturated rings. The second-order valence-electron chi connectivity index (χ2n) is 6.21. The molecule has 5 rings (SSSR count). The van der Waals surface area contributed by atoms with Crippen molar-refractivity contribution in [1.82, 2.24) is 30.0 Å². The Kier molecular flexibility index (Phi) is 4.41. The minimum atomic E-state index is 0.286. The van der Waals surface area contributed by atoms with Gasteiger partial charge in [0.15, 0.2) is 10.8 Å². The van der Waals surface area contributed by atoms with E-state index in [1.54, 1.807) is 11.6 Å². The van der Waals surface area contributed by atoms with Gasteiger partial charge < -0.3 is 9.47 Å². The number of fused-ring (bicyclic) bond motifs is 1. The zero-order chi connectivity index (χ0) is 19.6. The quantitative estimate of drug-likeness (QED) is 0.463. The van der Waals surface area contributed by atoms with Gasteiger partial charge in [-0.05, 0) is 42.5 Å². The lowest BCUT2D eigenvalue weighted by atomic mass is 10.1. The number of nitrogens with zero attached hydrogens (tertiary/aromatic N) is 5. The molecule has 8 nitrogen and oxygen atoms in total. The summed E-state index contributed by atoms with van der Waals surface area (Å²) in [7, 11) is 1.65. The number of nitrogens with one attached hydrogen (secondary N) is 1. The van der Waals surface area contributed by atoms with Crippen molar-refractivity contribution >= 4 is 16.3 Å². The van der Waals surface area contributed by atoms with E-state index in [0.29, 0.717) is 10.8 Å². The molecule has 0 atom stereocenters. The molecule has 3 heterocycles. The van der Waals surface area contributed by atoms with Gasteiger partial charge in [-0.2, -0.15) is 14.7 Å². The first-order chi connectivity index (χ1) is 14.3. The summed E-state index contributed by atoms with van der Waals surface area (Å²) < 4.78 is 12.7. The summed E-state index contributed by atoms with van der Waals surface area (Å²) in [6, 6.07) is 19.3. The number of H-pyrrole nitrogens is 1. The van der Waals surface area contributed by atoms with Gasteiger partial charge in [0.25, 0.3) is 0 Å². The summed E-state index contributed by atoms with van der Waals surface area (Å²) in [6.45, 7) is 0.286. The highest BCUT2D eigenvalue weighted by Gasteiger charge is 2.15. The predicted molar refractivity (Wildman–Crippen MR) is 109 cm³/mol. The SMILES string of the molecule is COc1ccc(-c2cc(-c3nn4c(COc5ccccc5)nnc4s3)[nH]n2)cc1. The molecule has 5 aromatic rings. The fourth-order valence-electron chi connectivity index (χ4n) is 2.86. The van der Waals surface area contributed by atoms with E-state index in [4.69, 9.17) is 9.47 Å². The average Bonchev–Trinajstić information content (AvgIpc) is 3.49. The van der Waals surface area contributed by atoms with E-state index in [1.165, 1.54) is 11.3 Å². The van der Waals surface area contributed by atoms with Crippen LogP contribution in [0.2, 0.25) is 0 Å². The smallest absolute Gasteiger partial charge is 0.235 e. The van der Waals surface area contributed by atoms with Gasteiger partial charge in [0, 0.05) is 5.56 Å². The third kappa shape index (κ3) is 3.43. The number of methoxy groups -OCH3 is 1. The van der Waals surface area contributed by atoms with Crippen molar-refractivity contribution in [2.75, 3.05) is 7.11 Å². The highest BCUT2D eigenvalue weighted by Crippen LogP contribution is 2.28. The lowest BCUT2D eigenvalue weighted by molar-refractivity contribution is 0.293. The van der Waals surface area contributed by atoms with E-state index in [-0.39, 0.29) is 6.61 Å². The predicted octanol–water partition coefficient (Wildman–Crippen LogP) is 3.83. The molecule has 2 aromatic carbocycles. The number of aromatic nitrogens is 6. The highest BCUT2D eigenvalue weighted by atomic mass is 32.1. The molecule has 0 amide bonds. The normalized spacial score (nSPS) is 11.1. The molecule has 29 heavy (non-hydrogen) atoms. The minimum absolute atomic E-state index is 0.286. The van der Waals surface area contributed by atoms with Crippen LogP contribution in [0.5, 0.6) is 11.5 Å². The average molecular weight is 404 g/mol. The van der Waals surface area contributed by atoms with Crippen LogP contribution in [0.3, 0.4) is 0 Å². The molecule has 9 heteroatoms. The van der Waals surface area contributed by atoms with Gasteiger partial charge in [0.05, 0.1) is 18.5 Å². The van der Waals surface area contributed by atoms with E-state index in [1.807, 2.05) is 60.7 Å². The van der Waals surface area contributed by atoms with Crippen molar-refractivity contribution in [2.45, 2.75) is 6.61 Å². The van der Waals surface area contributed by atoms with E-state index in [9.17, 15) is 0 Å². The molecule has 0 radical (unpaired) electrons. The number of aromatic amines is 1. The van der Waals surface area contributed by atoms with E-state index < -0.39 is 0 Å². The van der Waals surface area contributed by atoms with Crippen LogP contribution in [0.25, 0.3) is 26.9 Å². The highest BCUT2D eigenvalue weighted by molar-refractivity contribution is 7.19. The van der Waals surface area contributed by atoms with Crippen molar-refractivity contribution in [3.05, 3.63) is 66.5 Å². The van der Waals surface area contributed by atoms with Gasteiger partial charge in [-0.15, -0.1) is 10.2 Å². The fourth-order valence-corrected chi connectivity index (χ4v) is 3.69. The van der Waals surface area contributed by atoms with Crippen LogP contribution in [0.4, 0.5) is 0 Å². The molecule has 1 N–H and O–H groups in total. The monoisotopic (exact) mass is 404 g/mol. The molecule has 0 saturated heterocycles. The van der Waals surface area contributed by atoms with Crippen LogP contribution in [-0.4, -0.2) is 37.1 Å². The van der Waals surface area contributed by atoms with Gasteiger partial charge in [-0.25, -0.2) is 0 Å². The zero-order valence-corrected chi connectivity index (χ0v) is 16.3. The zero-order valence-electron chi connectivity index (χ0n) is 15.4. The van der Waals surface area contributed by atoms with Crippen LogP contribution < -0.4 is 9.47 Å². The fraction of sp³-hybridized carbons (Fsp3) is 0.100. The minimum Gasteiger partial charge on any atom is -0.497 e. The Labute approximate surface area is 169 Å². The second-order valence-corrected chi connectivity index (χ2v) is 7.17. The molecule has 3 aromatic heterocycles. The van der Waals surface area contributed by atoms with Crippen molar-refractivity contribution in [2.24, 2.45) is 0 Å². The molecular weight excluding hydrogens is 388 g/mol. The van der Waals surface area contributed by atoms with Gasteiger partial charge >= 0.3 is 0 Å². The molecule has 0 aliphatic heterocycles. The Morgan fingerprint density at radius 3 is 2.62 bits per heavy atom. The lowest BCUT2D eigenvalue weighted by Gasteiger charge is -2.02. The maximum atomic E-state index is 5.77. The number of ether oxygens (including phenoxy) is 2. The Morgan fingerprint density at radius 1 is 1.00 bits per heavy atom. The first-order valence-electron chi connectivity index (χ1n) is 8.89. The maximum Gasteiger partial charge on any atom is 0.235 e. The Bertz CT molecular complexity index is 1240. The van der Waals surface area contributed by atoms with Crippen molar-refractivity contribution in [3.63, 3.8) is 0 Å². The van der Waals surface area contributed by atoms with Crippen LogP contribution >= 0.6 is 11.3 Å². The number of benzene rings is 2. The van der Waals surface area contributed by atoms with Crippen molar-refractivity contribution in [1.29, 1.82) is 0 Å². The number of hydrogen-bond donors (Lipinski definition) is 1. The molecule has 0 aliphatic carbocycles. The topological polar surface area (TPSA) is 90.2 Å². The number of rotatable bonds is 6. The molecule has 0 unspecified atom stereocenters. The summed E-state index contributed by atoms with van der Waals surface area (Å²) in [4.78, 5) is 0.701. The first-order valence-corrected chi connectivity index (χ1v) is 9.71. The largest absolute Gasteiger partial charge is 0.497 e. The third-order valence-electron chi connectivity index (χ3n) is 4.36. The van der Waals surface area contributed by atoms with Gasteiger partial charge in [-0.1, -0.05) is 29.5 Å². The molecule has 144 valence electrons. The summed E-state index contributed by atoms with van der Waals surface area (Å²) in [5.41, 5.74) is 2.65. The van der Waals surface area contributed by atoms with Crippen LogP contribution in [0.15, 0.2) is 60.7 Å². The van der Waals surface area contributed by atoms with Crippen LogP contribution in [-0.2, 0) is 6.61 Å². The summed E-state index contributed by atoms with van der Waals surface area (Å²) in [5, 5.41) is 21.2. The lowest BCUT2D eigenvalue weighted by Crippen LogP contribution is -2.02. The molecule has 0 bridgehead atoms. The second kappa shape index (κ2) is 7.36. The van der Waals surface area contributed by atoms with Gasteiger partial charge in [0.1, 0.15) is 18.1 Å². The third-order valence-corrected chi connectivity index (χ3v) is 5.29. The summed E-state index contributed by atoms with van der Waals surface area (Å²) in [5.74, 6) is 2.22. The van der Waals surface area contributed by atoms with Crippen LogP contribution in [0.1, 0.15) is 5.82 Å². The number of hydrogen-bond acceptors (Lipinski definition) is 7. The van der Waals surface area contributed by atoms with Gasteiger partial charge in [-0.3, -0.25) is 5.10 Å². The summed E-state index contributed by atoms with van der Waals surface area (Å²) in [6.07, 6.45) is 0. The van der Waals surface area contributed by atoms with Gasteiger partial charge in [0.2, 0.25) is 4.96 Å². The Hall–Kier alpha value is -3.72. The first kappa shape index (κ1) is 17.4. The Morgan fingerprint density at radius 2 is 1.83 bits per heavy atom. The van der Waals surface area contributed by atoms with Crippen molar-refractivity contribution in [3.8, 4) is 33.5 Å². The standard InChI is InChI=1S/C20H16N6O2S/c1-27-14-9-7-13(8-10-14)16-11-17(22-21-16)19-25-26-18(23-24-20(26)29-19)12-28-15-5-3-2-4-6-15/h2-11H,12H2,1H3,(H,21,22). The van der Waals surface area contributed by atoms with E-state index in [2.05, 4.69) is 25.5 Å². The maximum absolute atomic E-state index is 5.77. The van der Waals surface area contributed by atoms with E-state index in [0.717, 1.165) is 33.5 Å². The molecule has 0 aliphatic rings. The number of para-hydroxylation sites is 1. The summed E-state index contributed by atoms with van der Waals surface area (Å²) >= 11 is 1.44. The molecule has 0 spiro atoms. The molecular formula is C20H16N6O2S. The van der Waals surface area contributed by atoms with Crippen LogP contribution in [0, 0.1) is 0 Å². The van der Waals surface area contributed by atoms with E-state index >= 15 is 0 Å². The van der Waals surface area contributed by atoms with Crippen molar-refractivity contribution < 1.29 is 9.47 Å².